The molecule has 1 aromatic rings. The van der Waals surface area contributed by atoms with Crippen LogP contribution in [0.25, 0.3) is 0 Å². The molecule has 0 aromatic heterocycles. The molecule has 126 valence electrons. The molecule has 22 heavy (non-hydrogen) atoms. The number of rotatable bonds is 11. The highest BCUT2D eigenvalue weighted by molar-refractivity contribution is 6.60. The Balaban J connectivity index is 2.83. The molecule has 0 radical (unpaired) electrons. The number of aryl methyl sites for hydroxylation is 1. The lowest BCUT2D eigenvalue weighted by molar-refractivity contribution is 0.0714. The van der Waals surface area contributed by atoms with E-state index in [-0.39, 0.29) is 0 Å². The third kappa shape index (κ3) is 5.28. The minimum Gasteiger partial charge on any atom is -0.493 e. The number of hydrogen-bond donors (Lipinski definition) is 0. The lowest BCUT2D eigenvalue weighted by atomic mass is 10.1. The summed E-state index contributed by atoms with van der Waals surface area (Å²) >= 11 is 0. The lowest BCUT2D eigenvalue weighted by Crippen LogP contribution is -2.46. The van der Waals surface area contributed by atoms with Gasteiger partial charge in [-0.1, -0.05) is 6.07 Å². The highest BCUT2D eigenvalue weighted by Gasteiger charge is 2.39. The monoisotopic (exact) mass is 328 g/mol. The Morgan fingerprint density at radius 3 is 1.82 bits per heavy atom. The molecular weight excluding hydrogens is 300 g/mol. The van der Waals surface area contributed by atoms with Gasteiger partial charge in [0, 0.05) is 25.9 Å². The summed E-state index contributed by atoms with van der Waals surface area (Å²) in [6.07, 6.45) is 0.812. The summed E-state index contributed by atoms with van der Waals surface area (Å²) in [6.45, 7) is 7.69. The highest BCUT2D eigenvalue weighted by Crippen LogP contribution is 2.29. The van der Waals surface area contributed by atoms with Crippen LogP contribution in [0.3, 0.4) is 0 Å². The van der Waals surface area contributed by atoms with E-state index in [1.165, 1.54) is 0 Å². The van der Waals surface area contributed by atoms with Crippen molar-refractivity contribution in [2.24, 2.45) is 0 Å². The van der Waals surface area contributed by atoms with E-state index in [1.54, 1.807) is 14.2 Å². The number of hydrogen-bond acceptors (Lipinski definition) is 5. The van der Waals surface area contributed by atoms with E-state index in [9.17, 15) is 0 Å². The average molecular weight is 328 g/mol. The van der Waals surface area contributed by atoms with Crippen molar-refractivity contribution in [2.45, 2.75) is 33.2 Å². The SMILES string of the molecule is CCO[Si](CCc1ccc(OC)c(OC)c1)(OCC)OCC. The molecule has 1 aromatic carbocycles. The number of ether oxygens (including phenoxy) is 2. The molecule has 0 bridgehead atoms. The second kappa shape index (κ2) is 9.84. The minimum atomic E-state index is -2.60. The van der Waals surface area contributed by atoms with Gasteiger partial charge >= 0.3 is 8.80 Å². The van der Waals surface area contributed by atoms with E-state index in [2.05, 4.69) is 0 Å². The summed E-state index contributed by atoms with van der Waals surface area (Å²) in [5.41, 5.74) is 1.15. The first-order chi connectivity index (χ1) is 10.6. The molecule has 0 saturated carbocycles. The summed E-state index contributed by atoms with van der Waals surface area (Å²) in [5.74, 6) is 1.46. The maximum Gasteiger partial charge on any atom is 0.501 e. The molecule has 0 aliphatic carbocycles. The third-order valence-corrected chi connectivity index (χ3v) is 6.31. The second-order valence-corrected chi connectivity index (χ2v) is 7.40. The Hall–Kier alpha value is -1.08. The van der Waals surface area contributed by atoms with Gasteiger partial charge in [-0.05, 0) is 44.9 Å². The van der Waals surface area contributed by atoms with Crippen LogP contribution in [0.4, 0.5) is 0 Å². The Morgan fingerprint density at radius 1 is 0.818 bits per heavy atom. The van der Waals surface area contributed by atoms with Gasteiger partial charge in [-0.3, -0.25) is 0 Å². The molecule has 0 aliphatic heterocycles. The summed E-state index contributed by atoms with van der Waals surface area (Å²) in [5, 5.41) is 0. The van der Waals surface area contributed by atoms with Gasteiger partial charge in [0.15, 0.2) is 11.5 Å². The molecule has 0 saturated heterocycles. The molecule has 5 nitrogen and oxygen atoms in total. The molecular formula is C16H28O5Si. The molecule has 0 N–H and O–H groups in total. The van der Waals surface area contributed by atoms with E-state index in [4.69, 9.17) is 22.8 Å². The van der Waals surface area contributed by atoms with Gasteiger partial charge in [-0.15, -0.1) is 0 Å². The quantitative estimate of drug-likeness (QED) is 0.583. The Labute approximate surface area is 134 Å². The van der Waals surface area contributed by atoms with Gasteiger partial charge in [0.05, 0.1) is 14.2 Å². The van der Waals surface area contributed by atoms with E-state index >= 15 is 0 Å². The fourth-order valence-corrected chi connectivity index (χ4v) is 4.93. The maximum atomic E-state index is 5.87. The predicted octanol–water partition coefficient (Wildman–Crippen LogP) is 3.29. The number of benzene rings is 1. The van der Waals surface area contributed by atoms with Gasteiger partial charge in [-0.25, -0.2) is 0 Å². The average Bonchev–Trinajstić information content (AvgIpc) is 2.53. The van der Waals surface area contributed by atoms with Gasteiger partial charge in [-0.2, -0.15) is 0 Å². The van der Waals surface area contributed by atoms with Crippen LogP contribution in [-0.4, -0.2) is 42.8 Å². The van der Waals surface area contributed by atoms with E-state index in [1.807, 2.05) is 39.0 Å². The zero-order chi connectivity index (χ0) is 16.4. The van der Waals surface area contributed by atoms with Crippen LogP contribution in [0.15, 0.2) is 18.2 Å². The predicted molar refractivity (Wildman–Crippen MR) is 88.7 cm³/mol. The van der Waals surface area contributed by atoms with Gasteiger partial charge < -0.3 is 22.8 Å². The smallest absolute Gasteiger partial charge is 0.493 e. The summed E-state index contributed by atoms with van der Waals surface area (Å²) < 4.78 is 28.2. The Morgan fingerprint density at radius 2 is 1.36 bits per heavy atom. The fraction of sp³-hybridized carbons (Fsp3) is 0.625. The van der Waals surface area contributed by atoms with Gasteiger partial charge in [0.1, 0.15) is 0 Å². The van der Waals surface area contributed by atoms with E-state index in [0.29, 0.717) is 19.8 Å². The molecule has 0 aliphatic rings. The van der Waals surface area contributed by atoms with Crippen LogP contribution in [0.2, 0.25) is 6.04 Å². The van der Waals surface area contributed by atoms with Crippen LogP contribution < -0.4 is 9.47 Å². The second-order valence-electron chi connectivity index (χ2n) is 4.67. The highest BCUT2D eigenvalue weighted by atomic mass is 28.4. The van der Waals surface area contributed by atoms with Crippen molar-refractivity contribution in [2.75, 3.05) is 34.0 Å². The molecule has 0 amide bonds. The van der Waals surface area contributed by atoms with Crippen molar-refractivity contribution >= 4 is 8.80 Å². The van der Waals surface area contributed by atoms with Crippen molar-refractivity contribution in [1.82, 2.24) is 0 Å². The minimum absolute atomic E-state index is 0.595. The Kier molecular flexibility index (Phi) is 8.48. The van der Waals surface area contributed by atoms with Crippen LogP contribution in [0, 0.1) is 0 Å². The number of methoxy groups -OCH3 is 2. The first-order valence-corrected chi connectivity index (χ1v) is 9.70. The summed E-state index contributed by atoms with van der Waals surface area (Å²) in [7, 11) is 0.674. The van der Waals surface area contributed by atoms with Crippen LogP contribution in [-0.2, 0) is 19.7 Å². The normalized spacial score (nSPS) is 11.5. The zero-order valence-electron chi connectivity index (χ0n) is 14.3. The van der Waals surface area contributed by atoms with Crippen molar-refractivity contribution in [3.05, 3.63) is 23.8 Å². The summed E-state index contributed by atoms with van der Waals surface area (Å²) in [6, 6.07) is 6.68. The lowest BCUT2D eigenvalue weighted by Gasteiger charge is -2.28. The summed E-state index contributed by atoms with van der Waals surface area (Å²) in [4.78, 5) is 0. The standard InChI is InChI=1S/C16H28O5Si/c1-6-19-22(20-7-2,21-8-3)12-11-14-9-10-15(17-4)16(13-14)18-5/h9-10,13H,6-8,11-12H2,1-5H3. The van der Waals surface area contributed by atoms with Crippen LogP contribution in [0.5, 0.6) is 11.5 Å². The van der Waals surface area contributed by atoms with Crippen molar-refractivity contribution in [3.8, 4) is 11.5 Å². The largest absolute Gasteiger partial charge is 0.501 e. The van der Waals surface area contributed by atoms with Crippen LogP contribution >= 0.6 is 0 Å². The molecule has 0 atom stereocenters. The third-order valence-electron chi connectivity index (χ3n) is 3.26. The van der Waals surface area contributed by atoms with Gasteiger partial charge in [0.25, 0.3) is 0 Å². The van der Waals surface area contributed by atoms with Crippen molar-refractivity contribution in [3.63, 3.8) is 0 Å². The van der Waals surface area contributed by atoms with Crippen LogP contribution in [0.1, 0.15) is 26.3 Å². The Bertz CT molecular complexity index is 422. The molecule has 6 heteroatoms. The molecule has 0 unspecified atom stereocenters. The fourth-order valence-electron chi connectivity index (χ4n) is 2.33. The topological polar surface area (TPSA) is 46.2 Å². The maximum absolute atomic E-state index is 5.87. The van der Waals surface area contributed by atoms with E-state index < -0.39 is 8.80 Å². The van der Waals surface area contributed by atoms with Gasteiger partial charge in [0.2, 0.25) is 0 Å². The first kappa shape index (κ1) is 19.0. The molecule has 0 heterocycles. The first-order valence-electron chi connectivity index (χ1n) is 7.77. The molecule has 0 fully saturated rings. The molecule has 1 rings (SSSR count). The van der Waals surface area contributed by atoms with E-state index in [0.717, 1.165) is 29.5 Å². The van der Waals surface area contributed by atoms with Crippen molar-refractivity contribution in [1.29, 1.82) is 0 Å². The van der Waals surface area contributed by atoms with Crippen molar-refractivity contribution < 1.29 is 22.8 Å². The zero-order valence-corrected chi connectivity index (χ0v) is 15.3. The molecule has 0 spiro atoms.